The number of amides is 2. The normalized spacial score (nSPS) is 13.8. The fourth-order valence-corrected chi connectivity index (χ4v) is 3.62. The Morgan fingerprint density at radius 2 is 2.00 bits per heavy atom. The minimum absolute atomic E-state index is 0.0417. The van der Waals surface area contributed by atoms with E-state index in [4.69, 9.17) is 4.42 Å². The summed E-state index contributed by atoms with van der Waals surface area (Å²) >= 11 is 1.29. The Kier molecular flexibility index (Phi) is 3.80. The average molecular weight is 355 g/mol. The van der Waals surface area contributed by atoms with Gasteiger partial charge in [0, 0.05) is 18.5 Å². The zero-order valence-electron chi connectivity index (χ0n) is 13.9. The van der Waals surface area contributed by atoms with E-state index >= 15 is 0 Å². The lowest BCUT2D eigenvalue weighted by Gasteiger charge is -2.04. The summed E-state index contributed by atoms with van der Waals surface area (Å²) in [5, 5.41) is 6.48. The van der Waals surface area contributed by atoms with Crippen molar-refractivity contribution in [3.63, 3.8) is 0 Å². The molecule has 0 aliphatic heterocycles. The van der Waals surface area contributed by atoms with Gasteiger partial charge in [-0.05, 0) is 49.6 Å². The van der Waals surface area contributed by atoms with Crippen molar-refractivity contribution in [3.05, 3.63) is 40.6 Å². The molecule has 3 aromatic rings. The average Bonchev–Trinajstić information content (AvgIpc) is 3.25. The molecule has 2 heterocycles. The highest BCUT2D eigenvalue weighted by atomic mass is 32.1. The summed E-state index contributed by atoms with van der Waals surface area (Å²) in [6, 6.07) is 7.18. The lowest BCUT2D eigenvalue weighted by atomic mass is 10.2. The second-order valence-corrected chi connectivity index (χ2v) is 7.31. The number of nitrogens with one attached hydrogen (secondary N) is 2. The smallest absolute Gasteiger partial charge is 0.266 e. The lowest BCUT2D eigenvalue weighted by Crippen LogP contribution is -2.12. The van der Waals surface area contributed by atoms with E-state index in [9.17, 15) is 9.59 Å². The number of thiophene rings is 1. The van der Waals surface area contributed by atoms with Crippen molar-refractivity contribution in [1.82, 2.24) is 4.98 Å². The number of carbonyl (C=O) groups excluding carboxylic acids is 2. The molecule has 1 aromatic carbocycles. The summed E-state index contributed by atoms with van der Waals surface area (Å²) in [7, 11) is 0. The van der Waals surface area contributed by atoms with Crippen molar-refractivity contribution in [2.45, 2.75) is 26.7 Å². The molecule has 0 radical (unpaired) electrons. The molecule has 128 valence electrons. The van der Waals surface area contributed by atoms with Gasteiger partial charge in [0.25, 0.3) is 5.91 Å². The number of aromatic nitrogens is 1. The molecule has 0 bridgehead atoms. The number of benzene rings is 1. The van der Waals surface area contributed by atoms with Gasteiger partial charge in [0.1, 0.15) is 5.52 Å². The minimum atomic E-state index is -0.200. The molecular weight excluding hydrogens is 338 g/mol. The Balaban J connectivity index is 1.51. The Labute approximate surface area is 148 Å². The van der Waals surface area contributed by atoms with Crippen molar-refractivity contribution in [3.8, 4) is 0 Å². The standard InChI is InChI=1S/C18H17N3O3S/c1-9-7-15(21-17(22)11-3-4-11)25-16(9)18(23)20-12-5-6-14-13(8-12)19-10(2)24-14/h5-8,11H,3-4H2,1-2H3,(H,20,23)(H,21,22). The van der Waals surface area contributed by atoms with E-state index in [0.717, 1.165) is 18.4 Å². The summed E-state index contributed by atoms with van der Waals surface area (Å²) < 4.78 is 5.43. The Morgan fingerprint density at radius 3 is 2.76 bits per heavy atom. The second kappa shape index (κ2) is 6.00. The van der Waals surface area contributed by atoms with Gasteiger partial charge in [-0.15, -0.1) is 11.3 Å². The van der Waals surface area contributed by atoms with Gasteiger partial charge in [0.15, 0.2) is 11.5 Å². The third kappa shape index (κ3) is 3.28. The fraction of sp³-hybridized carbons (Fsp3) is 0.278. The van der Waals surface area contributed by atoms with Gasteiger partial charge in [0.2, 0.25) is 5.91 Å². The molecule has 1 saturated carbocycles. The molecule has 2 N–H and O–H groups in total. The van der Waals surface area contributed by atoms with Gasteiger partial charge in [-0.3, -0.25) is 9.59 Å². The number of nitrogens with zero attached hydrogens (tertiary/aromatic N) is 1. The number of fused-ring (bicyclic) bond motifs is 1. The molecule has 0 saturated heterocycles. The highest BCUT2D eigenvalue weighted by Crippen LogP contribution is 2.33. The van der Waals surface area contributed by atoms with Crippen LogP contribution >= 0.6 is 11.3 Å². The Morgan fingerprint density at radius 1 is 1.20 bits per heavy atom. The van der Waals surface area contributed by atoms with Crippen molar-refractivity contribution >= 4 is 44.9 Å². The monoisotopic (exact) mass is 355 g/mol. The van der Waals surface area contributed by atoms with Crippen LogP contribution in [-0.4, -0.2) is 16.8 Å². The Bertz CT molecular complexity index is 985. The van der Waals surface area contributed by atoms with Crippen LogP contribution in [0.5, 0.6) is 0 Å². The number of anilines is 2. The van der Waals surface area contributed by atoms with Gasteiger partial charge >= 0.3 is 0 Å². The molecule has 7 heteroatoms. The molecule has 1 fully saturated rings. The summed E-state index contributed by atoms with van der Waals surface area (Å²) in [5.74, 6) is 0.565. The van der Waals surface area contributed by atoms with E-state index in [1.807, 2.05) is 13.0 Å². The van der Waals surface area contributed by atoms with E-state index in [1.165, 1.54) is 11.3 Å². The first-order valence-electron chi connectivity index (χ1n) is 8.09. The molecule has 25 heavy (non-hydrogen) atoms. The molecule has 1 aliphatic rings. The van der Waals surface area contributed by atoms with Gasteiger partial charge in [-0.25, -0.2) is 4.98 Å². The topological polar surface area (TPSA) is 84.2 Å². The van der Waals surface area contributed by atoms with Gasteiger partial charge in [0.05, 0.1) is 9.88 Å². The zero-order chi connectivity index (χ0) is 17.6. The van der Waals surface area contributed by atoms with Crippen LogP contribution in [0.1, 0.15) is 34.0 Å². The van der Waals surface area contributed by atoms with Crippen LogP contribution in [0, 0.1) is 19.8 Å². The second-order valence-electron chi connectivity index (χ2n) is 6.26. The van der Waals surface area contributed by atoms with Crippen molar-refractivity contribution in [1.29, 1.82) is 0 Å². The van der Waals surface area contributed by atoms with Crippen LogP contribution in [0.3, 0.4) is 0 Å². The number of aryl methyl sites for hydroxylation is 2. The highest BCUT2D eigenvalue weighted by molar-refractivity contribution is 7.18. The molecule has 1 aliphatic carbocycles. The maximum Gasteiger partial charge on any atom is 0.266 e. The number of hydrogen-bond donors (Lipinski definition) is 2. The zero-order valence-corrected chi connectivity index (χ0v) is 14.7. The number of oxazole rings is 1. The summed E-state index contributed by atoms with van der Waals surface area (Å²) in [4.78, 5) is 29.3. The molecule has 0 unspecified atom stereocenters. The molecule has 2 aromatic heterocycles. The van der Waals surface area contributed by atoms with E-state index in [2.05, 4.69) is 15.6 Å². The first kappa shape index (κ1) is 15.8. The predicted molar refractivity (Wildman–Crippen MR) is 97.1 cm³/mol. The van der Waals surface area contributed by atoms with E-state index in [-0.39, 0.29) is 17.7 Å². The Hall–Kier alpha value is -2.67. The summed E-state index contributed by atoms with van der Waals surface area (Å²) in [5.41, 5.74) is 2.89. The van der Waals surface area contributed by atoms with Crippen molar-refractivity contribution in [2.24, 2.45) is 5.92 Å². The van der Waals surface area contributed by atoms with Crippen LogP contribution < -0.4 is 10.6 Å². The van der Waals surface area contributed by atoms with E-state index < -0.39 is 0 Å². The van der Waals surface area contributed by atoms with Gasteiger partial charge in [-0.2, -0.15) is 0 Å². The van der Waals surface area contributed by atoms with Crippen molar-refractivity contribution in [2.75, 3.05) is 10.6 Å². The predicted octanol–water partition coefficient (Wildman–Crippen LogP) is 4.11. The molecule has 6 nitrogen and oxygen atoms in total. The maximum absolute atomic E-state index is 12.6. The molecule has 0 spiro atoms. The summed E-state index contributed by atoms with van der Waals surface area (Å²) in [6.45, 7) is 3.65. The van der Waals surface area contributed by atoms with Gasteiger partial charge in [-0.1, -0.05) is 0 Å². The van der Waals surface area contributed by atoms with E-state index in [0.29, 0.717) is 32.6 Å². The fourth-order valence-electron chi connectivity index (χ4n) is 2.65. The first-order valence-corrected chi connectivity index (χ1v) is 8.91. The highest BCUT2D eigenvalue weighted by Gasteiger charge is 2.30. The quantitative estimate of drug-likeness (QED) is 0.738. The van der Waals surface area contributed by atoms with Crippen LogP contribution in [0.2, 0.25) is 0 Å². The minimum Gasteiger partial charge on any atom is -0.441 e. The molecule has 0 atom stereocenters. The lowest BCUT2D eigenvalue weighted by molar-refractivity contribution is -0.117. The van der Waals surface area contributed by atoms with E-state index in [1.54, 1.807) is 25.1 Å². The van der Waals surface area contributed by atoms with Gasteiger partial charge < -0.3 is 15.1 Å². The molecule has 4 rings (SSSR count). The third-order valence-electron chi connectivity index (χ3n) is 4.07. The largest absolute Gasteiger partial charge is 0.441 e. The SMILES string of the molecule is Cc1nc2cc(NC(=O)c3sc(NC(=O)C4CC4)cc3C)ccc2o1. The molecule has 2 amide bonds. The van der Waals surface area contributed by atoms with Crippen LogP contribution in [0.25, 0.3) is 11.1 Å². The molecular formula is C18H17N3O3S. The number of hydrogen-bond acceptors (Lipinski definition) is 5. The van der Waals surface area contributed by atoms with Crippen LogP contribution in [-0.2, 0) is 4.79 Å². The number of rotatable bonds is 4. The van der Waals surface area contributed by atoms with Crippen molar-refractivity contribution < 1.29 is 14.0 Å². The first-order chi connectivity index (χ1) is 12.0. The summed E-state index contributed by atoms with van der Waals surface area (Å²) in [6.07, 6.45) is 1.90. The third-order valence-corrected chi connectivity index (χ3v) is 5.22. The van der Waals surface area contributed by atoms with Crippen LogP contribution in [0.4, 0.5) is 10.7 Å². The maximum atomic E-state index is 12.6. The number of carbonyl (C=O) groups is 2. The van der Waals surface area contributed by atoms with Crippen LogP contribution in [0.15, 0.2) is 28.7 Å².